The number of nitrogens with zero attached hydrogens (tertiary/aromatic N) is 2. The highest BCUT2D eigenvalue weighted by atomic mass is 32.2. The van der Waals surface area contributed by atoms with E-state index < -0.39 is 11.0 Å². The maximum Gasteiger partial charge on any atom is 0.284 e. The first-order chi connectivity index (χ1) is 11.7. The molecule has 0 saturated carbocycles. The summed E-state index contributed by atoms with van der Waals surface area (Å²) in [6, 6.07) is 6.13. The average molecular weight is 342 g/mol. The van der Waals surface area contributed by atoms with Crippen LogP contribution in [-0.2, 0) is 33.7 Å². The van der Waals surface area contributed by atoms with E-state index in [1.54, 1.807) is 6.08 Å². The number of amides is 1. The molecule has 0 N–H and O–H groups in total. The summed E-state index contributed by atoms with van der Waals surface area (Å²) >= 11 is 0. The molecule has 6 heteroatoms. The van der Waals surface area contributed by atoms with E-state index in [2.05, 4.69) is 24.0 Å². The predicted octanol–water partition coefficient (Wildman–Crippen LogP) is 2.35. The van der Waals surface area contributed by atoms with Crippen molar-refractivity contribution in [3.8, 4) is 0 Å². The Morgan fingerprint density at radius 1 is 1.42 bits per heavy atom. The zero-order chi connectivity index (χ0) is 16.7. The lowest BCUT2D eigenvalue weighted by atomic mass is 9.92. The van der Waals surface area contributed by atoms with Crippen LogP contribution in [0.5, 0.6) is 0 Å². The van der Waals surface area contributed by atoms with Gasteiger partial charge in [0.2, 0.25) is 0 Å². The van der Waals surface area contributed by atoms with Gasteiger partial charge in [-0.2, -0.15) is 0 Å². The summed E-state index contributed by atoms with van der Waals surface area (Å²) in [4.78, 5) is 17.2. The number of hydrogen-bond donors (Lipinski definition) is 0. The van der Waals surface area contributed by atoms with Crippen molar-refractivity contribution in [2.24, 2.45) is 4.99 Å². The van der Waals surface area contributed by atoms with Crippen molar-refractivity contribution in [2.45, 2.75) is 32.6 Å². The highest BCUT2D eigenvalue weighted by molar-refractivity contribution is 7.86. The maximum atomic E-state index is 12.6. The Hall–Kier alpha value is -2.05. The van der Waals surface area contributed by atoms with Crippen LogP contribution in [0.15, 0.2) is 40.8 Å². The SMILES string of the molecule is CCC1N=C(C(=O)N2CC=CS2=O)C=C1c1cccc2c1COC2. The van der Waals surface area contributed by atoms with Crippen LogP contribution in [-0.4, -0.2) is 32.7 Å². The number of fused-ring (bicyclic) bond motifs is 1. The van der Waals surface area contributed by atoms with Crippen molar-refractivity contribution < 1.29 is 13.7 Å². The van der Waals surface area contributed by atoms with Gasteiger partial charge in [0, 0.05) is 5.41 Å². The van der Waals surface area contributed by atoms with E-state index in [4.69, 9.17) is 4.74 Å². The minimum absolute atomic E-state index is 0.0416. The molecule has 0 spiro atoms. The molecule has 3 aliphatic heterocycles. The molecule has 4 rings (SSSR count). The molecule has 5 nitrogen and oxygen atoms in total. The van der Waals surface area contributed by atoms with Crippen LogP contribution in [0.25, 0.3) is 5.57 Å². The first-order valence-corrected chi connectivity index (χ1v) is 9.23. The number of benzene rings is 1. The third kappa shape index (κ3) is 2.46. The van der Waals surface area contributed by atoms with E-state index in [0.29, 0.717) is 25.5 Å². The molecule has 1 aromatic rings. The van der Waals surface area contributed by atoms with E-state index in [0.717, 1.165) is 17.6 Å². The van der Waals surface area contributed by atoms with Crippen molar-refractivity contribution >= 4 is 28.2 Å². The number of hydrogen-bond acceptors (Lipinski definition) is 4. The van der Waals surface area contributed by atoms with Crippen LogP contribution >= 0.6 is 0 Å². The third-order valence-electron chi connectivity index (χ3n) is 4.57. The number of ether oxygens (including phenoxy) is 1. The Morgan fingerprint density at radius 3 is 3.04 bits per heavy atom. The van der Waals surface area contributed by atoms with Crippen molar-refractivity contribution in [3.63, 3.8) is 0 Å². The number of carbonyl (C=O) groups is 1. The molecular formula is C18H18N2O3S. The molecule has 2 unspecified atom stereocenters. The van der Waals surface area contributed by atoms with E-state index in [-0.39, 0.29) is 11.9 Å². The molecule has 0 fully saturated rings. The maximum absolute atomic E-state index is 12.6. The highest BCUT2D eigenvalue weighted by Crippen LogP contribution is 2.34. The molecule has 24 heavy (non-hydrogen) atoms. The number of aliphatic imine (C=N–C) groups is 1. The van der Waals surface area contributed by atoms with Gasteiger partial charge in [-0.05, 0) is 34.8 Å². The summed E-state index contributed by atoms with van der Waals surface area (Å²) in [5, 5.41) is 1.54. The van der Waals surface area contributed by atoms with Crippen LogP contribution in [0.2, 0.25) is 0 Å². The zero-order valence-corrected chi connectivity index (χ0v) is 14.2. The first-order valence-electron chi connectivity index (χ1n) is 8.06. The van der Waals surface area contributed by atoms with Gasteiger partial charge >= 0.3 is 0 Å². The molecule has 124 valence electrons. The Bertz CT molecular complexity index is 826. The summed E-state index contributed by atoms with van der Waals surface area (Å²) in [5.74, 6) is -0.268. The summed E-state index contributed by atoms with van der Waals surface area (Å²) in [7, 11) is -1.38. The molecule has 3 heterocycles. The smallest absolute Gasteiger partial charge is 0.284 e. The van der Waals surface area contributed by atoms with E-state index in [1.807, 2.05) is 12.1 Å². The van der Waals surface area contributed by atoms with Gasteiger partial charge in [-0.15, -0.1) is 0 Å². The fourth-order valence-corrected chi connectivity index (χ4v) is 4.23. The second kappa shape index (κ2) is 6.11. The van der Waals surface area contributed by atoms with Crippen molar-refractivity contribution in [2.75, 3.05) is 6.54 Å². The summed E-state index contributed by atoms with van der Waals surface area (Å²) in [5.41, 5.74) is 4.96. The van der Waals surface area contributed by atoms with Crippen LogP contribution in [0.3, 0.4) is 0 Å². The Labute approximate surface area is 143 Å². The summed E-state index contributed by atoms with van der Waals surface area (Å²) in [6.07, 6.45) is 4.42. The second-order valence-corrected chi connectivity index (χ2v) is 7.25. The van der Waals surface area contributed by atoms with Crippen LogP contribution in [0.1, 0.15) is 30.0 Å². The predicted molar refractivity (Wildman–Crippen MR) is 93.4 cm³/mol. The topological polar surface area (TPSA) is 59.0 Å². The molecule has 0 radical (unpaired) electrons. The van der Waals surface area contributed by atoms with Gasteiger partial charge in [0.1, 0.15) is 16.7 Å². The molecule has 0 aliphatic carbocycles. The van der Waals surface area contributed by atoms with E-state index >= 15 is 0 Å². The lowest BCUT2D eigenvalue weighted by molar-refractivity contribution is -0.119. The standard InChI is InChI=1S/C18H18N2O3S/c1-2-16-14(13-6-3-5-12-10-23-11-15(12)13)9-17(19-16)18(21)20-7-4-8-24(20)22/h3-6,8-9,16H,2,7,10-11H2,1H3. The number of carbonyl (C=O) groups excluding carboxylic acids is 1. The molecule has 1 aromatic carbocycles. The molecule has 1 amide bonds. The Morgan fingerprint density at radius 2 is 2.29 bits per heavy atom. The van der Waals surface area contributed by atoms with Crippen molar-refractivity contribution in [3.05, 3.63) is 52.4 Å². The van der Waals surface area contributed by atoms with Gasteiger partial charge in [0.05, 0.1) is 25.8 Å². The van der Waals surface area contributed by atoms with Gasteiger partial charge in [-0.1, -0.05) is 31.2 Å². The lowest BCUT2D eigenvalue weighted by Crippen LogP contribution is -2.33. The second-order valence-electron chi connectivity index (χ2n) is 5.99. The normalized spacial score (nSPS) is 25.0. The van der Waals surface area contributed by atoms with Gasteiger partial charge in [0.15, 0.2) is 0 Å². The van der Waals surface area contributed by atoms with Crippen LogP contribution in [0, 0.1) is 0 Å². The van der Waals surface area contributed by atoms with Gasteiger partial charge < -0.3 is 4.74 Å². The fraction of sp³-hybridized carbons (Fsp3) is 0.333. The average Bonchev–Trinajstić information content (AvgIpc) is 3.32. The van der Waals surface area contributed by atoms with Gasteiger partial charge in [-0.25, -0.2) is 8.51 Å². The monoisotopic (exact) mass is 342 g/mol. The molecule has 0 aromatic heterocycles. The van der Waals surface area contributed by atoms with Gasteiger partial charge in [-0.3, -0.25) is 9.79 Å². The van der Waals surface area contributed by atoms with Gasteiger partial charge in [0.25, 0.3) is 5.91 Å². The fourth-order valence-electron chi connectivity index (χ4n) is 3.34. The van der Waals surface area contributed by atoms with E-state index in [1.165, 1.54) is 20.8 Å². The minimum atomic E-state index is -1.38. The molecular weight excluding hydrogens is 324 g/mol. The first kappa shape index (κ1) is 15.5. The van der Waals surface area contributed by atoms with Crippen LogP contribution < -0.4 is 0 Å². The number of rotatable bonds is 3. The highest BCUT2D eigenvalue weighted by Gasteiger charge is 2.31. The van der Waals surface area contributed by atoms with E-state index in [9.17, 15) is 9.00 Å². The zero-order valence-electron chi connectivity index (χ0n) is 13.4. The minimum Gasteiger partial charge on any atom is -0.372 e. The molecule has 3 aliphatic rings. The van der Waals surface area contributed by atoms with Crippen molar-refractivity contribution in [1.29, 1.82) is 0 Å². The Balaban J connectivity index is 1.69. The van der Waals surface area contributed by atoms with Crippen LogP contribution in [0.4, 0.5) is 0 Å². The van der Waals surface area contributed by atoms with Crippen molar-refractivity contribution in [1.82, 2.24) is 4.31 Å². The summed E-state index contributed by atoms with van der Waals surface area (Å²) in [6.45, 7) is 3.67. The quantitative estimate of drug-likeness (QED) is 0.847. The molecule has 0 bridgehead atoms. The lowest BCUT2D eigenvalue weighted by Gasteiger charge is -2.13. The molecule has 2 atom stereocenters. The third-order valence-corrected chi connectivity index (χ3v) is 5.74. The summed E-state index contributed by atoms with van der Waals surface area (Å²) < 4.78 is 18.8. The Kier molecular flexibility index (Phi) is 3.94. The largest absolute Gasteiger partial charge is 0.372 e. The molecule has 0 saturated heterocycles.